The molecule has 1 atom stereocenters. The van der Waals surface area contributed by atoms with Crippen molar-refractivity contribution < 1.29 is 24.3 Å². The summed E-state index contributed by atoms with van der Waals surface area (Å²) < 4.78 is 48.5. The molecule has 0 saturated heterocycles. The average molecular weight is 320 g/mol. The fourth-order valence-electron chi connectivity index (χ4n) is 2.68. The summed E-state index contributed by atoms with van der Waals surface area (Å²) in [5.74, 6) is 0. The molecule has 1 rings (SSSR count). The number of halogens is 3. The topological polar surface area (TPSA) is 73.1 Å². The summed E-state index contributed by atoms with van der Waals surface area (Å²) >= 11 is 0. The Labute approximate surface area is 127 Å². The van der Waals surface area contributed by atoms with Crippen molar-refractivity contribution in [1.82, 2.24) is 4.98 Å². The Kier molecular flexibility index (Phi) is 4.48. The van der Waals surface area contributed by atoms with Crippen molar-refractivity contribution in [3.63, 3.8) is 0 Å². The number of alkyl halides is 3. The highest BCUT2D eigenvalue weighted by molar-refractivity contribution is 5.57. The monoisotopic (exact) mass is 320 g/mol. The summed E-state index contributed by atoms with van der Waals surface area (Å²) in [5.41, 5.74) is -2.47. The van der Waals surface area contributed by atoms with Gasteiger partial charge in [0.1, 0.15) is 7.63 Å². The fourth-order valence-corrected chi connectivity index (χ4v) is 2.68. The maximum absolute atomic E-state index is 13.8. The molecule has 8 heteroatoms. The Hall–Kier alpha value is -1.99. The van der Waals surface area contributed by atoms with Crippen LogP contribution in [-0.4, -0.2) is 28.9 Å². The lowest BCUT2D eigenvalue weighted by Gasteiger charge is -2.34. The van der Waals surface area contributed by atoms with E-state index >= 15 is 0 Å². The minimum atomic E-state index is -5.06. The summed E-state index contributed by atoms with van der Waals surface area (Å²) in [7, 11) is 0. The van der Waals surface area contributed by atoms with E-state index in [4.69, 9.17) is 1.37 Å². The molecular weight excluding hydrogens is 301 g/mol. The molecular formula is C14H17F3N2O3. The summed E-state index contributed by atoms with van der Waals surface area (Å²) in [6.45, 7) is 4.27. The van der Waals surface area contributed by atoms with E-state index in [1.807, 2.05) is 0 Å². The zero-order valence-electron chi connectivity index (χ0n) is 13.7. The van der Waals surface area contributed by atoms with Gasteiger partial charge in [0.25, 0.3) is 0 Å². The number of nitrogens with zero attached hydrogens (tertiary/aromatic N) is 2. The Morgan fingerprint density at radius 1 is 1.23 bits per heavy atom. The Bertz CT molecular complexity index is 617. The molecule has 0 aliphatic rings. The molecule has 0 saturated carbocycles. The maximum atomic E-state index is 13.8. The molecule has 0 bridgehead atoms. The lowest BCUT2D eigenvalue weighted by atomic mass is 9.73. The van der Waals surface area contributed by atoms with Crippen LogP contribution in [0.15, 0.2) is 0 Å². The minimum absolute atomic E-state index is 0.147. The van der Waals surface area contributed by atoms with E-state index in [1.165, 1.54) is 27.7 Å². The van der Waals surface area contributed by atoms with E-state index in [0.717, 1.165) is 0 Å². The van der Waals surface area contributed by atoms with E-state index in [-0.39, 0.29) is 16.7 Å². The van der Waals surface area contributed by atoms with Gasteiger partial charge < -0.3 is 4.79 Å². The highest BCUT2D eigenvalue weighted by Crippen LogP contribution is 2.46. The summed E-state index contributed by atoms with van der Waals surface area (Å²) in [6, 6.07) is 0. The first-order chi connectivity index (χ1) is 10.3. The van der Waals surface area contributed by atoms with Crippen LogP contribution >= 0.6 is 0 Å². The largest absolute Gasteiger partial charge is 0.405 e. The molecule has 1 unspecified atom stereocenters. The van der Waals surface area contributed by atoms with Gasteiger partial charge in [-0.25, -0.2) is 0 Å². The van der Waals surface area contributed by atoms with E-state index in [9.17, 15) is 28.1 Å². The van der Waals surface area contributed by atoms with Crippen LogP contribution in [0.2, 0.25) is 0 Å². The number of carbonyl (C=O) groups is 1. The predicted octanol–water partition coefficient (Wildman–Crippen LogP) is 2.98. The van der Waals surface area contributed by atoms with Crippen LogP contribution in [-0.2, 0) is 10.2 Å². The first-order valence-corrected chi connectivity index (χ1v) is 6.46. The van der Waals surface area contributed by atoms with Gasteiger partial charge in [0.05, 0.1) is 0 Å². The highest BCUT2D eigenvalue weighted by atomic mass is 19.4. The zero-order chi connectivity index (χ0) is 18.2. The standard InChI is InChI=1S/C14H17F3N2O3/c1-8-10(3)18-11(4)9(2)12(8)13(5-6-20,7-19(21)22)14(15,16)17/h6H,5,7H2,1-4H3/i6T. The summed E-state index contributed by atoms with van der Waals surface area (Å²) in [4.78, 5) is 25.1. The molecule has 22 heavy (non-hydrogen) atoms. The van der Waals surface area contributed by atoms with Crippen LogP contribution in [0.25, 0.3) is 0 Å². The van der Waals surface area contributed by atoms with Crippen molar-refractivity contribution >= 4 is 6.26 Å². The number of pyridine rings is 1. The third-order valence-electron chi connectivity index (χ3n) is 3.96. The molecule has 0 aliphatic carbocycles. The second kappa shape index (κ2) is 6.02. The molecule has 1 heterocycles. The average Bonchev–Trinajstić information content (AvgIpc) is 2.33. The van der Waals surface area contributed by atoms with Crippen LogP contribution < -0.4 is 0 Å². The molecule has 0 fully saturated rings. The number of nitro groups is 1. The van der Waals surface area contributed by atoms with Gasteiger partial charge in [-0.1, -0.05) is 0 Å². The van der Waals surface area contributed by atoms with Crippen LogP contribution in [0.1, 0.15) is 35.9 Å². The molecule has 0 aromatic carbocycles. The number of hydrogen-bond donors (Lipinski definition) is 0. The number of aryl methyl sites for hydroxylation is 2. The summed E-state index contributed by atoms with van der Waals surface area (Å²) in [6.07, 6.45) is -7.87. The molecule has 0 amide bonds. The van der Waals surface area contributed by atoms with Crippen LogP contribution in [0.4, 0.5) is 13.2 Å². The SMILES string of the molecule is [3H]C(=O)CC(C[N+](=O)[O-])(c1c(C)c(C)nc(C)c1C)C(F)(F)F. The first-order valence-electron chi connectivity index (χ1n) is 6.96. The van der Waals surface area contributed by atoms with Gasteiger partial charge >= 0.3 is 6.18 Å². The second-order valence-corrected chi connectivity index (χ2v) is 5.30. The lowest BCUT2D eigenvalue weighted by molar-refractivity contribution is -0.501. The predicted molar refractivity (Wildman–Crippen MR) is 73.5 cm³/mol. The molecule has 5 nitrogen and oxygen atoms in total. The number of hydrogen-bond acceptors (Lipinski definition) is 4. The minimum Gasteiger partial charge on any atom is -0.303 e. The third-order valence-corrected chi connectivity index (χ3v) is 3.96. The van der Waals surface area contributed by atoms with Crippen molar-refractivity contribution in [2.24, 2.45) is 0 Å². The van der Waals surface area contributed by atoms with Crippen molar-refractivity contribution in [2.75, 3.05) is 6.54 Å². The van der Waals surface area contributed by atoms with E-state index in [0.29, 0.717) is 11.4 Å². The highest BCUT2D eigenvalue weighted by Gasteiger charge is 2.60. The molecule has 0 spiro atoms. The normalized spacial score (nSPS) is 15.1. The molecule has 122 valence electrons. The fraction of sp³-hybridized carbons (Fsp3) is 0.571. The van der Waals surface area contributed by atoms with Crippen molar-refractivity contribution in [2.45, 2.75) is 45.7 Å². The third kappa shape index (κ3) is 2.95. The molecule has 0 N–H and O–H groups in total. The van der Waals surface area contributed by atoms with Gasteiger partial charge in [0, 0.05) is 22.7 Å². The van der Waals surface area contributed by atoms with Crippen molar-refractivity contribution in [3.8, 4) is 0 Å². The zero-order valence-corrected chi connectivity index (χ0v) is 12.7. The van der Waals surface area contributed by atoms with Gasteiger partial charge in [0.2, 0.25) is 6.54 Å². The maximum Gasteiger partial charge on any atom is 0.405 e. The number of rotatable bonds is 5. The molecule has 1 aromatic heterocycles. The van der Waals surface area contributed by atoms with Crippen LogP contribution in [0.3, 0.4) is 0 Å². The van der Waals surface area contributed by atoms with Gasteiger partial charge in [-0.3, -0.25) is 15.1 Å². The van der Waals surface area contributed by atoms with Crippen LogP contribution in [0.5, 0.6) is 0 Å². The molecule has 0 radical (unpaired) electrons. The number of aromatic nitrogens is 1. The van der Waals surface area contributed by atoms with Gasteiger partial charge in [-0.05, 0) is 44.4 Å². The van der Waals surface area contributed by atoms with E-state index < -0.39 is 35.7 Å². The number of aldehydes is 1. The van der Waals surface area contributed by atoms with Crippen molar-refractivity contribution in [1.29, 1.82) is 0 Å². The van der Waals surface area contributed by atoms with Crippen LogP contribution in [0, 0.1) is 37.8 Å². The summed E-state index contributed by atoms with van der Waals surface area (Å²) in [5, 5.41) is 10.9. The molecule has 1 aromatic rings. The Morgan fingerprint density at radius 3 is 2.00 bits per heavy atom. The molecule has 0 aliphatic heterocycles. The van der Waals surface area contributed by atoms with E-state index in [2.05, 4.69) is 4.98 Å². The van der Waals surface area contributed by atoms with Gasteiger partial charge in [0.15, 0.2) is 5.41 Å². The van der Waals surface area contributed by atoms with Crippen molar-refractivity contribution in [3.05, 3.63) is 38.2 Å². The van der Waals surface area contributed by atoms with Gasteiger partial charge in [-0.2, -0.15) is 13.2 Å². The smallest absolute Gasteiger partial charge is 0.303 e. The lowest BCUT2D eigenvalue weighted by Crippen LogP contribution is -2.49. The van der Waals surface area contributed by atoms with E-state index in [1.54, 1.807) is 0 Å². The Balaban J connectivity index is 3.90. The second-order valence-electron chi connectivity index (χ2n) is 5.30. The quantitative estimate of drug-likeness (QED) is 0.475. The first kappa shape index (κ1) is 16.4. The Morgan fingerprint density at radius 2 is 1.68 bits per heavy atom. The van der Waals surface area contributed by atoms with Gasteiger partial charge in [-0.15, -0.1) is 0 Å². The number of carbonyl (C=O) groups excluding carboxylic acids is 1.